The van der Waals surface area contributed by atoms with E-state index >= 15 is 4.39 Å². The van der Waals surface area contributed by atoms with Crippen molar-refractivity contribution in [3.8, 4) is 17.0 Å². The molecule has 194 valence electrons. The molecule has 3 aromatic rings. The van der Waals surface area contributed by atoms with Crippen molar-refractivity contribution in [3.63, 3.8) is 0 Å². The first-order valence-corrected chi connectivity index (χ1v) is 13.2. The summed E-state index contributed by atoms with van der Waals surface area (Å²) in [5.74, 6) is 0.923. The van der Waals surface area contributed by atoms with Crippen LogP contribution in [0.1, 0.15) is 62.6 Å². The first-order chi connectivity index (χ1) is 18.0. The fraction of sp³-hybridized carbons (Fsp3) is 0.464. The maximum atomic E-state index is 15.0. The predicted molar refractivity (Wildman–Crippen MR) is 140 cm³/mol. The number of pyridine rings is 1. The molecule has 4 heterocycles. The summed E-state index contributed by atoms with van der Waals surface area (Å²) in [5.41, 5.74) is 3.47. The molecule has 1 saturated carbocycles. The van der Waals surface area contributed by atoms with Crippen LogP contribution in [0.2, 0.25) is 0 Å². The number of rotatable bonds is 6. The van der Waals surface area contributed by atoms with E-state index in [9.17, 15) is 4.39 Å². The van der Waals surface area contributed by atoms with Crippen molar-refractivity contribution >= 4 is 17.5 Å². The zero-order chi connectivity index (χ0) is 25.5. The van der Waals surface area contributed by atoms with Gasteiger partial charge in [0.25, 0.3) is 0 Å². The Morgan fingerprint density at radius 2 is 1.84 bits per heavy atom. The normalized spacial score (nSPS) is 18.0. The molecule has 0 radical (unpaired) electrons. The van der Waals surface area contributed by atoms with Crippen molar-refractivity contribution in [2.45, 2.75) is 57.4 Å². The van der Waals surface area contributed by atoms with E-state index in [2.05, 4.69) is 31.6 Å². The van der Waals surface area contributed by atoms with Gasteiger partial charge in [-0.25, -0.2) is 23.7 Å². The molecule has 0 bridgehead atoms. The second-order valence-corrected chi connectivity index (χ2v) is 10.4. The topological polar surface area (TPSA) is 75.2 Å². The highest BCUT2D eigenvalue weighted by atomic mass is 19.1. The number of anilines is 3. The molecule has 2 N–H and O–H groups in total. The Bertz CT molecular complexity index is 1310. The van der Waals surface area contributed by atoms with Gasteiger partial charge in [0.15, 0.2) is 17.4 Å². The van der Waals surface area contributed by atoms with Crippen molar-refractivity contribution in [1.29, 1.82) is 0 Å². The largest absolute Gasteiger partial charge is 0.486 e. The number of nitrogens with one attached hydrogen (secondary N) is 2. The van der Waals surface area contributed by atoms with Gasteiger partial charge >= 0.3 is 0 Å². The Labute approximate surface area is 215 Å². The molecular formula is C28H32F2N6O. The quantitative estimate of drug-likeness (QED) is 0.457. The number of hydrogen-bond acceptors (Lipinski definition) is 7. The summed E-state index contributed by atoms with van der Waals surface area (Å²) < 4.78 is 35.5. The van der Waals surface area contributed by atoms with Crippen LogP contribution in [0.25, 0.3) is 11.3 Å². The van der Waals surface area contributed by atoms with Crippen molar-refractivity contribution < 1.29 is 13.5 Å². The van der Waals surface area contributed by atoms with Gasteiger partial charge in [0.05, 0.1) is 18.4 Å². The Morgan fingerprint density at radius 3 is 2.59 bits per heavy atom. The molecule has 0 amide bonds. The molecule has 1 aliphatic carbocycles. The van der Waals surface area contributed by atoms with E-state index in [0.29, 0.717) is 42.1 Å². The van der Waals surface area contributed by atoms with Gasteiger partial charge in [-0.05, 0) is 82.3 Å². The number of aromatic nitrogens is 3. The molecule has 3 aliphatic rings. The molecule has 1 aromatic carbocycles. The highest BCUT2D eigenvalue weighted by Crippen LogP contribution is 2.44. The van der Waals surface area contributed by atoms with Crippen LogP contribution in [0.3, 0.4) is 0 Å². The van der Waals surface area contributed by atoms with E-state index < -0.39 is 11.6 Å². The number of halogens is 2. The van der Waals surface area contributed by atoms with Gasteiger partial charge in [0.2, 0.25) is 5.95 Å². The van der Waals surface area contributed by atoms with Crippen LogP contribution >= 0.6 is 0 Å². The molecule has 37 heavy (non-hydrogen) atoms. The average Bonchev–Trinajstić information content (AvgIpc) is 3.75. The van der Waals surface area contributed by atoms with Crippen LogP contribution in [0.15, 0.2) is 30.5 Å². The van der Waals surface area contributed by atoms with Gasteiger partial charge in [-0.3, -0.25) is 0 Å². The number of nitrogens with zero attached hydrogens (tertiary/aromatic N) is 4. The molecule has 0 spiro atoms. The van der Waals surface area contributed by atoms with E-state index in [-0.39, 0.29) is 23.4 Å². The van der Waals surface area contributed by atoms with Crippen LogP contribution in [0.5, 0.6) is 5.75 Å². The van der Waals surface area contributed by atoms with Crippen LogP contribution in [0.4, 0.5) is 26.2 Å². The van der Waals surface area contributed by atoms with E-state index in [1.54, 1.807) is 6.07 Å². The number of hydrogen-bond donors (Lipinski definition) is 2. The molecular weight excluding hydrogens is 474 g/mol. The lowest BCUT2D eigenvalue weighted by atomic mass is 9.88. The smallest absolute Gasteiger partial charge is 0.229 e. The molecule has 9 heteroatoms. The number of benzene rings is 1. The maximum absolute atomic E-state index is 15.0. The zero-order valence-electron chi connectivity index (χ0n) is 21.2. The zero-order valence-corrected chi connectivity index (χ0v) is 21.2. The fourth-order valence-corrected chi connectivity index (χ4v) is 5.44. The van der Waals surface area contributed by atoms with Gasteiger partial charge in [-0.1, -0.05) is 6.07 Å². The summed E-state index contributed by atoms with van der Waals surface area (Å²) >= 11 is 0. The Balaban J connectivity index is 1.31. The molecule has 2 aromatic heterocycles. The lowest BCUT2D eigenvalue weighted by Crippen LogP contribution is -2.38. The second-order valence-electron chi connectivity index (χ2n) is 10.4. The summed E-state index contributed by atoms with van der Waals surface area (Å²) in [4.78, 5) is 15.6. The minimum absolute atomic E-state index is 0.0298. The maximum Gasteiger partial charge on any atom is 0.229 e. The number of fused-ring (bicyclic) bond motifs is 1. The summed E-state index contributed by atoms with van der Waals surface area (Å²) in [6.45, 7) is 7.17. The Morgan fingerprint density at radius 1 is 1.03 bits per heavy atom. The molecule has 0 unspecified atom stereocenters. The highest BCUT2D eigenvalue weighted by Gasteiger charge is 2.31. The molecule has 2 aliphatic heterocycles. The first kappa shape index (κ1) is 24.0. The monoisotopic (exact) mass is 506 g/mol. The van der Waals surface area contributed by atoms with Crippen molar-refractivity contribution in [1.82, 2.24) is 20.3 Å². The lowest BCUT2D eigenvalue weighted by Gasteiger charge is -2.34. The van der Waals surface area contributed by atoms with E-state index in [1.165, 1.54) is 11.6 Å². The van der Waals surface area contributed by atoms with Crippen LogP contribution in [0, 0.1) is 11.6 Å². The number of ether oxygens (including phenoxy) is 1. The molecule has 1 saturated heterocycles. The van der Waals surface area contributed by atoms with Gasteiger partial charge < -0.3 is 20.3 Å². The molecule has 0 atom stereocenters. The molecule has 2 fully saturated rings. The third-order valence-electron chi connectivity index (χ3n) is 7.49. The molecule has 6 rings (SSSR count). The highest BCUT2D eigenvalue weighted by molar-refractivity contribution is 5.73. The van der Waals surface area contributed by atoms with Crippen molar-refractivity contribution in [3.05, 3.63) is 53.4 Å². The fourth-order valence-electron chi connectivity index (χ4n) is 5.44. The van der Waals surface area contributed by atoms with Crippen LogP contribution in [-0.2, 0) is 0 Å². The van der Waals surface area contributed by atoms with Crippen molar-refractivity contribution in [2.75, 3.05) is 36.5 Å². The second kappa shape index (κ2) is 9.85. The van der Waals surface area contributed by atoms with E-state index in [0.717, 1.165) is 50.7 Å². The average molecular weight is 507 g/mol. The van der Waals surface area contributed by atoms with Crippen LogP contribution < -0.4 is 20.3 Å². The van der Waals surface area contributed by atoms with Crippen LogP contribution in [-0.4, -0.2) is 47.2 Å². The van der Waals surface area contributed by atoms with Gasteiger partial charge in [-0.2, -0.15) is 0 Å². The Kier molecular flexibility index (Phi) is 6.40. The first-order valence-electron chi connectivity index (χ1n) is 13.2. The lowest BCUT2D eigenvalue weighted by molar-refractivity contribution is 0.287. The minimum Gasteiger partial charge on any atom is -0.486 e. The van der Waals surface area contributed by atoms with Gasteiger partial charge in [-0.15, -0.1) is 0 Å². The number of piperidine rings is 1. The third kappa shape index (κ3) is 4.84. The van der Waals surface area contributed by atoms with Gasteiger partial charge in [0, 0.05) is 23.2 Å². The van der Waals surface area contributed by atoms with Gasteiger partial charge in [0.1, 0.15) is 18.1 Å². The van der Waals surface area contributed by atoms with Crippen molar-refractivity contribution in [2.24, 2.45) is 0 Å². The SMILES string of the molecule is CC(C)N1CCOc2c(F)cc(-c3nc(Nc4ccc(C5CCNCC5)c(C5CC5)n4)ncc3F)cc21. The van der Waals surface area contributed by atoms with E-state index in [1.807, 2.05) is 19.9 Å². The third-order valence-corrected chi connectivity index (χ3v) is 7.49. The summed E-state index contributed by atoms with van der Waals surface area (Å²) in [6, 6.07) is 7.28. The Hall–Kier alpha value is -3.33. The minimum atomic E-state index is -0.620. The summed E-state index contributed by atoms with van der Waals surface area (Å²) in [5, 5.41) is 6.59. The van der Waals surface area contributed by atoms with E-state index in [4.69, 9.17) is 9.72 Å². The molecule has 7 nitrogen and oxygen atoms in total. The predicted octanol–water partition coefficient (Wildman–Crippen LogP) is 5.51. The summed E-state index contributed by atoms with van der Waals surface area (Å²) in [6.07, 6.45) is 5.67. The summed E-state index contributed by atoms with van der Waals surface area (Å²) in [7, 11) is 0. The standard InChI is InChI=1S/C28H32F2N6O/c1-16(2)36-11-12-37-27-21(29)13-19(14-23(27)36)26-22(30)15-32-28(35-26)34-24-6-5-20(17-7-9-31-10-8-17)25(33-24)18-3-4-18/h5-6,13-18,31H,3-4,7-12H2,1-2H3,(H,32,33,34,35).